The van der Waals surface area contributed by atoms with Crippen molar-refractivity contribution in [3.05, 3.63) is 35.9 Å². The Hall–Kier alpha value is -2.08. The number of hydrogen-bond acceptors (Lipinski definition) is 4. The van der Waals surface area contributed by atoms with E-state index >= 15 is 0 Å². The first-order chi connectivity index (χ1) is 10.6. The number of benzene rings is 1. The fraction of sp³-hybridized carbons (Fsp3) is 0.529. The first-order valence-electron chi connectivity index (χ1n) is 7.46. The zero-order valence-electron chi connectivity index (χ0n) is 14.3. The second kappa shape index (κ2) is 7.97. The van der Waals surface area contributed by atoms with Crippen LogP contribution in [0, 0.1) is 0 Å². The van der Waals surface area contributed by atoms with Gasteiger partial charge in [-0.3, -0.25) is 4.90 Å². The number of carbonyl (C=O) groups is 2. The molecule has 6 nitrogen and oxygen atoms in total. The average molecular weight is 323 g/mol. The molecule has 0 saturated heterocycles. The van der Waals surface area contributed by atoms with E-state index in [1.807, 2.05) is 30.3 Å². The van der Waals surface area contributed by atoms with Gasteiger partial charge in [-0.1, -0.05) is 30.3 Å². The van der Waals surface area contributed by atoms with E-state index in [2.05, 4.69) is 0 Å². The maximum Gasteiger partial charge on any atom is 0.410 e. The molecule has 1 N–H and O–H groups in total. The monoisotopic (exact) mass is 323 g/mol. The number of carboxylic acid groups (broad SMARTS) is 1. The molecule has 0 saturated carbocycles. The fourth-order valence-corrected chi connectivity index (χ4v) is 2.02. The molecule has 0 unspecified atom stereocenters. The summed E-state index contributed by atoms with van der Waals surface area (Å²) in [5.74, 6) is -1.14. The van der Waals surface area contributed by atoms with Crippen LogP contribution in [0.4, 0.5) is 4.79 Å². The number of carboxylic acids is 1. The standard InChI is InChI=1S/C17H25NO5/c1-12(22-11-13-9-7-6-8-10-13)14(15(19)20)18(5)16(21)23-17(2,3)4/h6-10,12,14H,11H2,1-5H3,(H,19,20)/t12-,14+/m0/s1. The molecule has 128 valence electrons. The smallest absolute Gasteiger partial charge is 0.410 e. The molecule has 0 radical (unpaired) electrons. The molecule has 0 aliphatic carbocycles. The van der Waals surface area contributed by atoms with E-state index in [0.29, 0.717) is 0 Å². The molecular weight excluding hydrogens is 298 g/mol. The Balaban J connectivity index is 2.72. The normalized spacial score (nSPS) is 14.0. The summed E-state index contributed by atoms with van der Waals surface area (Å²) in [6.45, 7) is 7.08. The number of hydrogen-bond donors (Lipinski definition) is 1. The second-order valence-corrected chi connectivity index (χ2v) is 6.38. The first-order valence-corrected chi connectivity index (χ1v) is 7.46. The van der Waals surface area contributed by atoms with Crippen LogP contribution in [-0.2, 0) is 20.9 Å². The van der Waals surface area contributed by atoms with Crippen molar-refractivity contribution in [1.82, 2.24) is 4.90 Å². The molecule has 0 fully saturated rings. The minimum absolute atomic E-state index is 0.272. The highest BCUT2D eigenvalue weighted by Crippen LogP contribution is 2.15. The molecule has 2 atom stereocenters. The molecule has 1 amide bonds. The van der Waals surface area contributed by atoms with Gasteiger partial charge in [0.05, 0.1) is 12.7 Å². The number of likely N-dealkylation sites (N-methyl/N-ethyl adjacent to an activating group) is 1. The topological polar surface area (TPSA) is 76.1 Å². The van der Waals surface area contributed by atoms with Crippen LogP contribution in [0.15, 0.2) is 30.3 Å². The van der Waals surface area contributed by atoms with Crippen LogP contribution in [-0.4, -0.2) is 46.9 Å². The van der Waals surface area contributed by atoms with Crippen molar-refractivity contribution < 1.29 is 24.2 Å². The third kappa shape index (κ3) is 6.28. The molecule has 0 heterocycles. The van der Waals surface area contributed by atoms with Gasteiger partial charge >= 0.3 is 12.1 Å². The number of carbonyl (C=O) groups excluding carboxylic acids is 1. The summed E-state index contributed by atoms with van der Waals surface area (Å²) in [7, 11) is 1.40. The average Bonchev–Trinajstić information content (AvgIpc) is 2.44. The van der Waals surface area contributed by atoms with Gasteiger partial charge in [-0.15, -0.1) is 0 Å². The minimum Gasteiger partial charge on any atom is -0.480 e. The summed E-state index contributed by atoms with van der Waals surface area (Å²) < 4.78 is 10.8. The number of aliphatic carboxylic acids is 1. The SMILES string of the molecule is C[C@H](OCc1ccccc1)[C@H](C(=O)O)N(C)C(=O)OC(C)(C)C. The molecule has 0 bridgehead atoms. The maximum absolute atomic E-state index is 12.1. The Morgan fingerprint density at radius 2 is 1.78 bits per heavy atom. The highest BCUT2D eigenvalue weighted by molar-refractivity contribution is 5.80. The second-order valence-electron chi connectivity index (χ2n) is 6.38. The van der Waals surface area contributed by atoms with E-state index in [1.165, 1.54) is 7.05 Å². The Labute approximate surface area is 137 Å². The highest BCUT2D eigenvalue weighted by atomic mass is 16.6. The third-order valence-corrected chi connectivity index (χ3v) is 3.15. The minimum atomic E-state index is -1.14. The van der Waals surface area contributed by atoms with Gasteiger partial charge < -0.3 is 14.6 Å². The fourth-order valence-electron chi connectivity index (χ4n) is 2.02. The Bertz CT molecular complexity index is 524. The van der Waals surface area contributed by atoms with Gasteiger partial charge in [0, 0.05) is 7.05 Å². The largest absolute Gasteiger partial charge is 0.480 e. The molecular formula is C17H25NO5. The van der Waals surface area contributed by atoms with E-state index in [-0.39, 0.29) is 6.61 Å². The molecule has 0 aromatic heterocycles. The molecule has 0 aliphatic rings. The summed E-state index contributed by atoms with van der Waals surface area (Å²) in [5, 5.41) is 9.43. The lowest BCUT2D eigenvalue weighted by Gasteiger charge is -2.31. The van der Waals surface area contributed by atoms with Crippen molar-refractivity contribution in [1.29, 1.82) is 0 Å². The summed E-state index contributed by atoms with van der Waals surface area (Å²) in [6, 6.07) is 8.30. The number of amides is 1. The maximum atomic E-state index is 12.1. The predicted molar refractivity (Wildman–Crippen MR) is 86.1 cm³/mol. The third-order valence-electron chi connectivity index (χ3n) is 3.15. The highest BCUT2D eigenvalue weighted by Gasteiger charge is 2.34. The van der Waals surface area contributed by atoms with Crippen molar-refractivity contribution in [2.45, 2.75) is 52.0 Å². The van der Waals surface area contributed by atoms with Gasteiger partial charge in [0.25, 0.3) is 0 Å². The van der Waals surface area contributed by atoms with Gasteiger partial charge in [0.2, 0.25) is 0 Å². The van der Waals surface area contributed by atoms with Gasteiger partial charge in [0.1, 0.15) is 5.60 Å². The molecule has 0 aliphatic heterocycles. The molecule has 0 spiro atoms. The summed E-state index contributed by atoms with van der Waals surface area (Å²) in [6.07, 6.45) is -1.38. The number of nitrogens with zero attached hydrogens (tertiary/aromatic N) is 1. The zero-order chi connectivity index (χ0) is 17.6. The van der Waals surface area contributed by atoms with Crippen LogP contribution in [0.1, 0.15) is 33.3 Å². The molecule has 23 heavy (non-hydrogen) atoms. The van der Waals surface area contributed by atoms with E-state index in [0.717, 1.165) is 10.5 Å². The van der Waals surface area contributed by atoms with Gasteiger partial charge in [-0.2, -0.15) is 0 Å². The predicted octanol–water partition coefficient (Wildman–Crippen LogP) is 2.91. The van der Waals surface area contributed by atoms with Crippen molar-refractivity contribution in [2.24, 2.45) is 0 Å². The van der Waals surface area contributed by atoms with E-state index in [1.54, 1.807) is 27.7 Å². The Kier molecular flexibility index (Phi) is 6.57. The molecule has 1 aromatic carbocycles. The van der Waals surface area contributed by atoms with Gasteiger partial charge in [0.15, 0.2) is 6.04 Å². The van der Waals surface area contributed by atoms with Crippen LogP contribution in [0.2, 0.25) is 0 Å². The van der Waals surface area contributed by atoms with Crippen molar-refractivity contribution in [3.63, 3.8) is 0 Å². The quantitative estimate of drug-likeness (QED) is 0.871. The van der Waals surface area contributed by atoms with Crippen molar-refractivity contribution >= 4 is 12.1 Å². The number of ether oxygens (including phenoxy) is 2. The van der Waals surface area contributed by atoms with Crippen LogP contribution < -0.4 is 0 Å². The van der Waals surface area contributed by atoms with Crippen molar-refractivity contribution in [2.75, 3.05) is 7.05 Å². The lowest BCUT2D eigenvalue weighted by Crippen LogP contribution is -2.50. The lowest BCUT2D eigenvalue weighted by atomic mass is 10.1. The molecule has 6 heteroatoms. The van der Waals surface area contributed by atoms with Crippen LogP contribution in [0.3, 0.4) is 0 Å². The van der Waals surface area contributed by atoms with Crippen molar-refractivity contribution in [3.8, 4) is 0 Å². The first kappa shape index (κ1) is 19.0. The van der Waals surface area contributed by atoms with E-state index < -0.39 is 29.8 Å². The lowest BCUT2D eigenvalue weighted by molar-refractivity contribution is -0.148. The summed E-state index contributed by atoms with van der Waals surface area (Å²) >= 11 is 0. The number of rotatable bonds is 6. The summed E-state index contributed by atoms with van der Waals surface area (Å²) in [4.78, 5) is 24.7. The van der Waals surface area contributed by atoms with Gasteiger partial charge in [-0.05, 0) is 33.3 Å². The van der Waals surface area contributed by atoms with Gasteiger partial charge in [-0.25, -0.2) is 9.59 Å². The van der Waals surface area contributed by atoms with Crippen LogP contribution in [0.5, 0.6) is 0 Å². The Morgan fingerprint density at radius 3 is 2.26 bits per heavy atom. The zero-order valence-corrected chi connectivity index (χ0v) is 14.3. The summed E-state index contributed by atoms with van der Waals surface area (Å²) in [5.41, 5.74) is 0.242. The van der Waals surface area contributed by atoms with E-state index in [4.69, 9.17) is 9.47 Å². The van der Waals surface area contributed by atoms with Crippen LogP contribution >= 0.6 is 0 Å². The van der Waals surface area contributed by atoms with E-state index in [9.17, 15) is 14.7 Å². The van der Waals surface area contributed by atoms with Crippen LogP contribution in [0.25, 0.3) is 0 Å². The molecule has 1 aromatic rings. The Morgan fingerprint density at radius 1 is 1.22 bits per heavy atom. The molecule has 1 rings (SSSR count).